The molecule has 0 atom stereocenters. The van der Waals surface area contributed by atoms with E-state index in [1.54, 1.807) is 19.2 Å². The maximum atomic E-state index is 12.3. The summed E-state index contributed by atoms with van der Waals surface area (Å²) < 4.78 is 5.15. The number of hydrogen-bond acceptors (Lipinski definition) is 3. The topological polar surface area (TPSA) is 62.7 Å². The smallest absolute Gasteiger partial charge is 0.257 e. The van der Waals surface area contributed by atoms with Crippen LogP contribution in [0.2, 0.25) is 0 Å². The molecule has 2 N–H and O–H groups in total. The van der Waals surface area contributed by atoms with Gasteiger partial charge in [-0.3, -0.25) is 15.1 Å². The van der Waals surface area contributed by atoms with Crippen LogP contribution in [-0.4, -0.2) is 25.5 Å². The summed E-state index contributed by atoms with van der Waals surface area (Å²) >= 11 is 0. The molecule has 2 aromatic rings. The van der Waals surface area contributed by atoms with Crippen molar-refractivity contribution < 1.29 is 9.53 Å². The van der Waals surface area contributed by atoms with Crippen molar-refractivity contribution in [1.29, 1.82) is 0 Å². The van der Waals surface area contributed by atoms with E-state index in [4.69, 9.17) is 4.74 Å². The fourth-order valence-corrected chi connectivity index (χ4v) is 2.04. The number of methoxy groups -OCH3 is 1. The lowest BCUT2D eigenvalue weighted by Crippen LogP contribution is -2.36. The summed E-state index contributed by atoms with van der Waals surface area (Å²) in [5, 5.41) is 5.99. The van der Waals surface area contributed by atoms with Gasteiger partial charge in [-0.05, 0) is 42.8 Å². The first-order valence-electron chi connectivity index (χ1n) is 8.05. The molecule has 5 nitrogen and oxygen atoms in total. The van der Waals surface area contributed by atoms with Crippen molar-refractivity contribution >= 4 is 17.6 Å². The SMILES string of the molecule is CCCCN=C(NC(=O)c1ccccc1)Nc1ccc(OC)cc1. The van der Waals surface area contributed by atoms with Crippen LogP contribution in [0.5, 0.6) is 5.75 Å². The largest absolute Gasteiger partial charge is 0.497 e. The van der Waals surface area contributed by atoms with E-state index < -0.39 is 0 Å². The van der Waals surface area contributed by atoms with Crippen LogP contribution in [0.3, 0.4) is 0 Å². The Hall–Kier alpha value is -2.82. The van der Waals surface area contributed by atoms with E-state index >= 15 is 0 Å². The molecule has 0 saturated carbocycles. The fourth-order valence-electron chi connectivity index (χ4n) is 2.04. The molecule has 0 radical (unpaired) electrons. The lowest BCUT2D eigenvalue weighted by atomic mass is 10.2. The highest BCUT2D eigenvalue weighted by Gasteiger charge is 2.08. The molecule has 0 heterocycles. The van der Waals surface area contributed by atoms with Gasteiger partial charge in [0.25, 0.3) is 5.91 Å². The summed E-state index contributed by atoms with van der Waals surface area (Å²) in [7, 11) is 1.63. The number of carbonyl (C=O) groups excluding carboxylic acids is 1. The average molecular weight is 325 g/mol. The Morgan fingerprint density at radius 2 is 1.79 bits per heavy atom. The van der Waals surface area contributed by atoms with E-state index in [0.717, 1.165) is 24.3 Å². The molecule has 0 aliphatic heterocycles. The molecule has 2 rings (SSSR count). The minimum Gasteiger partial charge on any atom is -0.497 e. The van der Waals surface area contributed by atoms with Gasteiger partial charge in [0.05, 0.1) is 7.11 Å². The van der Waals surface area contributed by atoms with Crippen molar-refractivity contribution in [3.8, 4) is 5.75 Å². The second-order valence-corrected chi connectivity index (χ2v) is 5.26. The lowest BCUT2D eigenvalue weighted by Gasteiger charge is -2.12. The maximum absolute atomic E-state index is 12.3. The third-order valence-electron chi connectivity index (χ3n) is 3.40. The van der Waals surface area contributed by atoms with E-state index in [2.05, 4.69) is 22.5 Å². The third-order valence-corrected chi connectivity index (χ3v) is 3.40. The van der Waals surface area contributed by atoms with Crippen LogP contribution in [0.15, 0.2) is 59.6 Å². The number of amides is 1. The Kier molecular flexibility index (Phi) is 6.83. The van der Waals surface area contributed by atoms with Crippen molar-refractivity contribution in [2.75, 3.05) is 19.0 Å². The van der Waals surface area contributed by atoms with Crippen molar-refractivity contribution in [2.24, 2.45) is 4.99 Å². The highest BCUT2D eigenvalue weighted by atomic mass is 16.5. The number of carbonyl (C=O) groups is 1. The zero-order valence-electron chi connectivity index (χ0n) is 14.1. The lowest BCUT2D eigenvalue weighted by molar-refractivity contribution is 0.0977. The van der Waals surface area contributed by atoms with Crippen LogP contribution in [0.25, 0.3) is 0 Å². The molecule has 0 aromatic heterocycles. The van der Waals surface area contributed by atoms with Gasteiger partial charge < -0.3 is 10.1 Å². The van der Waals surface area contributed by atoms with Crippen molar-refractivity contribution in [1.82, 2.24) is 5.32 Å². The molecule has 0 bridgehead atoms. The van der Waals surface area contributed by atoms with Gasteiger partial charge in [-0.2, -0.15) is 0 Å². The minimum atomic E-state index is -0.188. The van der Waals surface area contributed by atoms with Gasteiger partial charge in [0, 0.05) is 17.8 Å². The van der Waals surface area contributed by atoms with Crippen LogP contribution in [0.1, 0.15) is 30.1 Å². The Labute approximate surface area is 142 Å². The van der Waals surface area contributed by atoms with Crippen molar-refractivity contribution in [3.63, 3.8) is 0 Å². The summed E-state index contributed by atoms with van der Waals surface area (Å²) in [5.41, 5.74) is 1.43. The molecule has 0 fully saturated rings. The summed E-state index contributed by atoms with van der Waals surface area (Å²) in [6, 6.07) is 16.5. The number of aliphatic imine (C=N–C) groups is 1. The number of nitrogens with zero attached hydrogens (tertiary/aromatic N) is 1. The number of anilines is 1. The second kappa shape index (κ2) is 9.35. The first-order valence-corrected chi connectivity index (χ1v) is 8.05. The van der Waals surface area contributed by atoms with Crippen molar-refractivity contribution in [3.05, 3.63) is 60.2 Å². The molecule has 24 heavy (non-hydrogen) atoms. The quantitative estimate of drug-likeness (QED) is 0.484. The number of unbranched alkanes of at least 4 members (excludes halogenated alkanes) is 1. The van der Waals surface area contributed by atoms with Crippen LogP contribution < -0.4 is 15.4 Å². The Morgan fingerprint density at radius 1 is 1.08 bits per heavy atom. The van der Waals surface area contributed by atoms with E-state index in [1.807, 2.05) is 42.5 Å². The van der Waals surface area contributed by atoms with Crippen molar-refractivity contribution in [2.45, 2.75) is 19.8 Å². The minimum absolute atomic E-state index is 0.188. The fraction of sp³-hybridized carbons (Fsp3) is 0.263. The highest BCUT2D eigenvalue weighted by Crippen LogP contribution is 2.14. The molecular formula is C19H23N3O2. The molecule has 0 aliphatic carbocycles. The molecule has 126 valence electrons. The standard InChI is InChI=1S/C19H23N3O2/c1-3-4-14-20-19(21-16-10-12-17(24-2)13-11-16)22-18(23)15-8-6-5-7-9-15/h5-13H,3-4,14H2,1-2H3,(H2,20,21,22,23). The van der Waals surface area contributed by atoms with E-state index in [9.17, 15) is 4.79 Å². The Bertz CT molecular complexity index is 667. The number of ether oxygens (including phenoxy) is 1. The first kappa shape index (κ1) is 17.5. The van der Waals surface area contributed by atoms with Crippen LogP contribution in [0.4, 0.5) is 5.69 Å². The van der Waals surface area contributed by atoms with Gasteiger partial charge in [0.2, 0.25) is 5.96 Å². The van der Waals surface area contributed by atoms with Crippen LogP contribution in [0, 0.1) is 0 Å². The normalized spacial score (nSPS) is 11.0. The van der Waals surface area contributed by atoms with Crippen LogP contribution >= 0.6 is 0 Å². The maximum Gasteiger partial charge on any atom is 0.257 e. The number of guanidine groups is 1. The zero-order chi connectivity index (χ0) is 17.2. The monoisotopic (exact) mass is 325 g/mol. The van der Waals surface area contributed by atoms with Gasteiger partial charge >= 0.3 is 0 Å². The number of hydrogen-bond donors (Lipinski definition) is 2. The molecule has 0 aliphatic rings. The van der Waals surface area contributed by atoms with E-state index in [0.29, 0.717) is 18.1 Å². The number of rotatable bonds is 6. The Morgan fingerprint density at radius 3 is 2.42 bits per heavy atom. The second-order valence-electron chi connectivity index (χ2n) is 5.26. The summed E-state index contributed by atoms with van der Waals surface area (Å²) in [6.07, 6.45) is 2.01. The number of benzene rings is 2. The molecule has 2 aromatic carbocycles. The van der Waals surface area contributed by atoms with Gasteiger partial charge in [0.1, 0.15) is 5.75 Å². The molecule has 1 amide bonds. The average Bonchev–Trinajstić information content (AvgIpc) is 2.63. The molecule has 5 heteroatoms. The Balaban J connectivity index is 2.08. The summed E-state index contributed by atoms with van der Waals surface area (Å²) in [6.45, 7) is 2.76. The number of nitrogens with one attached hydrogen (secondary N) is 2. The first-order chi connectivity index (χ1) is 11.7. The molecule has 0 unspecified atom stereocenters. The van der Waals surface area contributed by atoms with E-state index in [1.165, 1.54) is 0 Å². The van der Waals surface area contributed by atoms with E-state index in [-0.39, 0.29) is 5.91 Å². The molecule has 0 spiro atoms. The predicted molar refractivity (Wildman–Crippen MR) is 97.7 cm³/mol. The molecule has 0 saturated heterocycles. The summed E-state index contributed by atoms with van der Waals surface area (Å²) in [4.78, 5) is 16.8. The van der Waals surface area contributed by atoms with Gasteiger partial charge in [-0.15, -0.1) is 0 Å². The highest BCUT2D eigenvalue weighted by molar-refractivity contribution is 6.09. The third kappa shape index (κ3) is 5.43. The predicted octanol–water partition coefficient (Wildman–Crippen LogP) is 3.69. The van der Waals surface area contributed by atoms with Gasteiger partial charge in [-0.1, -0.05) is 31.5 Å². The van der Waals surface area contributed by atoms with Gasteiger partial charge in [0.15, 0.2) is 0 Å². The van der Waals surface area contributed by atoms with Gasteiger partial charge in [-0.25, -0.2) is 0 Å². The zero-order valence-corrected chi connectivity index (χ0v) is 14.1. The molecular weight excluding hydrogens is 302 g/mol. The summed E-state index contributed by atoms with van der Waals surface area (Å²) in [5.74, 6) is 1.03. The van der Waals surface area contributed by atoms with Crippen LogP contribution in [-0.2, 0) is 0 Å².